The van der Waals surface area contributed by atoms with Crippen LogP contribution in [0.3, 0.4) is 0 Å². The number of allylic oxidation sites excluding steroid dienone is 3. The lowest BCUT2D eigenvalue weighted by atomic mass is 10.0. The molecular weight excluding hydrogens is 454 g/mol. The van der Waals surface area contributed by atoms with Crippen LogP contribution in [-0.4, -0.2) is 8.42 Å². The molecule has 172 valence electrons. The summed E-state index contributed by atoms with van der Waals surface area (Å²) in [6.45, 7) is 7.79. The van der Waals surface area contributed by atoms with Crippen LogP contribution >= 0.6 is 0 Å². The number of anilines is 2. The lowest BCUT2D eigenvalue weighted by Gasteiger charge is -2.26. The Morgan fingerprint density at radius 3 is 2.06 bits per heavy atom. The second kappa shape index (κ2) is 9.12. The van der Waals surface area contributed by atoms with Crippen molar-refractivity contribution in [3.63, 3.8) is 0 Å². The Bertz CT molecular complexity index is 1550. The maximum absolute atomic E-state index is 13.0. The summed E-state index contributed by atoms with van der Waals surface area (Å²) in [6, 6.07) is 30.0. The Morgan fingerprint density at radius 1 is 0.714 bits per heavy atom. The van der Waals surface area contributed by atoms with E-state index in [9.17, 15) is 8.42 Å². The molecule has 5 rings (SSSR count). The molecule has 0 radical (unpaired) electrons. The van der Waals surface area contributed by atoms with Crippen LogP contribution in [0.5, 0.6) is 11.5 Å². The Morgan fingerprint density at radius 2 is 1.34 bits per heavy atom. The molecule has 0 bridgehead atoms. The fourth-order valence-electron chi connectivity index (χ4n) is 4.16. The largest absolute Gasteiger partial charge is 0.455 e. The maximum atomic E-state index is 13.0. The molecule has 4 aromatic carbocycles. The summed E-state index contributed by atoms with van der Waals surface area (Å²) in [6.07, 6.45) is 5.44. The Balaban J connectivity index is 1.52. The standard InChI is InChI=1S/C30H23NO3S/c1-3-10-24(4-2)31(25-11-6-5-7-12-25)26-18-15-22(16-19-26)23-17-20-30-28(21-23)34-27-13-8-9-14-29(27)35(30,32)33/h3-21H,1-2H2/b24-10+. The van der Waals surface area contributed by atoms with Crippen molar-refractivity contribution in [1.29, 1.82) is 0 Å². The van der Waals surface area contributed by atoms with Gasteiger partial charge in [0, 0.05) is 17.1 Å². The number of sulfone groups is 1. The summed E-state index contributed by atoms with van der Waals surface area (Å²) in [5, 5.41) is 0. The second-order valence-electron chi connectivity index (χ2n) is 7.96. The zero-order valence-corrected chi connectivity index (χ0v) is 19.8. The second-order valence-corrected chi connectivity index (χ2v) is 9.85. The normalized spacial score (nSPS) is 13.7. The van der Waals surface area contributed by atoms with Crippen LogP contribution in [0.15, 0.2) is 144 Å². The predicted molar refractivity (Wildman–Crippen MR) is 141 cm³/mol. The summed E-state index contributed by atoms with van der Waals surface area (Å²) in [5.41, 5.74) is 4.65. The molecule has 1 aliphatic heterocycles. The number of rotatable bonds is 6. The third kappa shape index (κ3) is 4.07. The molecule has 1 aliphatic rings. The molecule has 0 fully saturated rings. The van der Waals surface area contributed by atoms with Crippen LogP contribution < -0.4 is 9.64 Å². The molecule has 0 saturated heterocycles. The summed E-state index contributed by atoms with van der Waals surface area (Å²) >= 11 is 0. The first kappa shape index (κ1) is 22.4. The third-order valence-electron chi connectivity index (χ3n) is 5.82. The molecule has 0 aromatic heterocycles. The van der Waals surface area contributed by atoms with E-state index < -0.39 is 9.84 Å². The van der Waals surface area contributed by atoms with Crippen molar-refractivity contribution in [3.8, 4) is 22.6 Å². The molecule has 0 unspecified atom stereocenters. The number of para-hydroxylation sites is 2. The van der Waals surface area contributed by atoms with Gasteiger partial charge in [-0.1, -0.05) is 67.8 Å². The quantitative estimate of drug-likeness (QED) is 0.235. The highest BCUT2D eigenvalue weighted by molar-refractivity contribution is 7.91. The van der Waals surface area contributed by atoms with Crippen molar-refractivity contribution < 1.29 is 13.2 Å². The fraction of sp³-hybridized carbons (Fsp3) is 0. The van der Waals surface area contributed by atoms with Crippen LogP contribution in [0.25, 0.3) is 11.1 Å². The minimum absolute atomic E-state index is 0.178. The van der Waals surface area contributed by atoms with Crippen molar-refractivity contribution in [2.45, 2.75) is 9.79 Å². The number of benzene rings is 4. The summed E-state index contributed by atoms with van der Waals surface area (Å²) in [4.78, 5) is 2.46. The van der Waals surface area contributed by atoms with Crippen molar-refractivity contribution in [1.82, 2.24) is 0 Å². The van der Waals surface area contributed by atoms with Crippen molar-refractivity contribution in [3.05, 3.63) is 134 Å². The van der Waals surface area contributed by atoms with Gasteiger partial charge in [0.05, 0.1) is 0 Å². The number of ether oxygens (including phenoxy) is 1. The van der Waals surface area contributed by atoms with Gasteiger partial charge in [-0.15, -0.1) is 0 Å². The van der Waals surface area contributed by atoms with Gasteiger partial charge in [-0.05, 0) is 71.8 Å². The molecular formula is C30H23NO3S. The molecule has 0 N–H and O–H groups in total. The number of hydrogen-bond acceptors (Lipinski definition) is 4. The van der Waals surface area contributed by atoms with Gasteiger partial charge in [0.1, 0.15) is 21.3 Å². The molecule has 0 aliphatic carbocycles. The summed E-state index contributed by atoms with van der Waals surface area (Å²) < 4.78 is 32.0. The lowest BCUT2D eigenvalue weighted by Crippen LogP contribution is -2.14. The lowest BCUT2D eigenvalue weighted by molar-refractivity contribution is 0.443. The van der Waals surface area contributed by atoms with Crippen LogP contribution in [0, 0.1) is 0 Å². The highest BCUT2D eigenvalue weighted by atomic mass is 32.2. The number of fused-ring (bicyclic) bond motifs is 2. The van der Waals surface area contributed by atoms with Gasteiger partial charge < -0.3 is 9.64 Å². The highest BCUT2D eigenvalue weighted by Crippen LogP contribution is 2.44. The third-order valence-corrected chi connectivity index (χ3v) is 7.65. The zero-order valence-electron chi connectivity index (χ0n) is 19.0. The molecule has 0 saturated carbocycles. The topological polar surface area (TPSA) is 46.6 Å². The van der Waals surface area contributed by atoms with E-state index in [1.54, 1.807) is 48.6 Å². The molecule has 0 spiro atoms. The molecule has 4 aromatic rings. The average Bonchev–Trinajstić information content (AvgIpc) is 2.89. The molecule has 35 heavy (non-hydrogen) atoms. The van der Waals surface area contributed by atoms with Crippen molar-refractivity contribution in [2.75, 3.05) is 4.90 Å². The smallest absolute Gasteiger partial charge is 0.213 e. The van der Waals surface area contributed by atoms with E-state index in [4.69, 9.17) is 4.74 Å². The molecule has 5 heteroatoms. The van der Waals surface area contributed by atoms with E-state index >= 15 is 0 Å². The van der Waals surface area contributed by atoms with Crippen LogP contribution in [-0.2, 0) is 9.84 Å². The van der Waals surface area contributed by atoms with E-state index in [0.717, 1.165) is 28.2 Å². The van der Waals surface area contributed by atoms with E-state index in [0.29, 0.717) is 11.5 Å². The monoisotopic (exact) mass is 477 g/mol. The summed E-state index contributed by atoms with van der Waals surface area (Å²) in [5.74, 6) is 0.677. The zero-order chi connectivity index (χ0) is 24.4. The predicted octanol–water partition coefficient (Wildman–Crippen LogP) is 7.69. The maximum Gasteiger partial charge on any atom is 0.213 e. The van der Waals surface area contributed by atoms with E-state index in [1.165, 1.54) is 0 Å². The average molecular weight is 478 g/mol. The summed E-state index contributed by atoms with van der Waals surface area (Å²) in [7, 11) is -3.62. The Hall–Kier alpha value is -4.35. The number of nitrogens with zero attached hydrogens (tertiary/aromatic N) is 1. The first-order valence-electron chi connectivity index (χ1n) is 11.1. The number of hydrogen-bond donors (Lipinski definition) is 0. The van der Waals surface area contributed by atoms with E-state index in [2.05, 4.69) is 18.1 Å². The molecule has 4 nitrogen and oxygen atoms in total. The van der Waals surface area contributed by atoms with Crippen LogP contribution in [0.2, 0.25) is 0 Å². The van der Waals surface area contributed by atoms with E-state index in [1.807, 2.05) is 66.7 Å². The van der Waals surface area contributed by atoms with E-state index in [-0.39, 0.29) is 9.79 Å². The first-order chi connectivity index (χ1) is 17.0. The molecule has 1 heterocycles. The molecule has 0 amide bonds. The van der Waals surface area contributed by atoms with Crippen molar-refractivity contribution in [2.24, 2.45) is 0 Å². The highest BCUT2D eigenvalue weighted by Gasteiger charge is 2.31. The fourth-order valence-corrected chi connectivity index (χ4v) is 5.65. The minimum Gasteiger partial charge on any atom is -0.455 e. The minimum atomic E-state index is -3.62. The van der Waals surface area contributed by atoms with Gasteiger partial charge >= 0.3 is 0 Å². The van der Waals surface area contributed by atoms with Gasteiger partial charge in [0.2, 0.25) is 9.84 Å². The van der Waals surface area contributed by atoms with Gasteiger partial charge in [-0.25, -0.2) is 8.42 Å². The van der Waals surface area contributed by atoms with Gasteiger partial charge in [0.15, 0.2) is 0 Å². The van der Waals surface area contributed by atoms with Gasteiger partial charge in [-0.3, -0.25) is 0 Å². The van der Waals surface area contributed by atoms with Gasteiger partial charge in [-0.2, -0.15) is 0 Å². The van der Waals surface area contributed by atoms with Gasteiger partial charge in [0.25, 0.3) is 0 Å². The van der Waals surface area contributed by atoms with Crippen molar-refractivity contribution >= 4 is 21.2 Å². The Kier molecular flexibility index (Phi) is 5.85. The van der Waals surface area contributed by atoms with Crippen LogP contribution in [0.1, 0.15) is 0 Å². The first-order valence-corrected chi connectivity index (χ1v) is 12.6. The SMILES string of the molecule is C=C/C=C(\C=C)N(c1ccccc1)c1ccc(-c2ccc3c(c2)Oc2ccccc2S3(=O)=O)cc1. The van der Waals surface area contributed by atoms with Crippen LogP contribution in [0.4, 0.5) is 11.4 Å². The molecule has 0 atom stereocenters. The Labute approximate surface area is 205 Å².